The van der Waals surface area contributed by atoms with Crippen LogP contribution in [0.25, 0.3) is 32.9 Å². The van der Waals surface area contributed by atoms with E-state index in [0.717, 1.165) is 40.8 Å². The van der Waals surface area contributed by atoms with Crippen LogP contribution in [-0.4, -0.2) is 17.4 Å². The predicted molar refractivity (Wildman–Crippen MR) is 158 cm³/mol. The molecule has 0 bridgehead atoms. The van der Waals surface area contributed by atoms with Gasteiger partial charge in [-0.2, -0.15) is 0 Å². The summed E-state index contributed by atoms with van der Waals surface area (Å²) in [6.45, 7) is 0. The minimum absolute atomic E-state index is 0.950. The molecule has 0 saturated carbocycles. The van der Waals surface area contributed by atoms with Crippen LogP contribution in [0.4, 0.5) is 0 Å². The van der Waals surface area contributed by atoms with Crippen molar-refractivity contribution in [2.75, 3.05) is 12.5 Å². The molecule has 0 atom stereocenters. The Morgan fingerprint density at radius 2 is 1.51 bits per heavy atom. The van der Waals surface area contributed by atoms with Crippen molar-refractivity contribution in [2.45, 2.75) is 12.8 Å². The summed E-state index contributed by atoms with van der Waals surface area (Å²) in [6.07, 6.45) is 10.8. The molecule has 4 aromatic carbocycles. The number of nitrogens with one attached hydrogen (secondary N) is 1. The molecule has 0 aliphatic heterocycles. The third kappa shape index (κ3) is 4.52. The summed E-state index contributed by atoms with van der Waals surface area (Å²) in [5.41, 5.74) is 12.9. The van der Waals surface area contributed by atoms with Gasteiger partial charge in [0.25, 0.3) is 0 Å². The standard InChI is InChI=1S/C34H29N3/c1-35-31(26-15-7-3-8-16-26)24-32(27-17-9-4-10-18-27)36-37-33-20-12-11-19-29(33)30-23-28(21-22-34(30)37)25-13-5-2-6-14-25/h2-9,11-17,19-24,36H,10,18H2,1H3/b32-24-,35-31+. The first-order valence-corrected chi connectivity index (χ1v) is 12.8. The lowest BCUT2D eigenvalue weighted by Gasteiger charge is -2.19. The number of hydrogen-bond donors (Lipinski definition) is 1. The van der Waals surface area contributed by atoms with Gasteiger partial charge in [-0.3, -0.25) is 15.1 Å². The molecule has 1 aromatic heterocycles. The van der Waals surface area contributed by atoms with Crippen LogP contribution < -0.4 is 5.43 Å². The van der Waals surface area contributed by atoms with Gasteiger partial charge >= 0.3 is 0 Å². The minimum atomic E-state index is 0.950. The van der Waals surface area contributed by atoms with Crippen molar-refractivity contribution in [3.05, 3.63) is 144 Å². The fourth-order valence-corrected chi connectivity index (χ4v) is 5.07. The van der Waals surface area contributed by atoms with E-state index in [0.29, 0.717) is 0 Å². The van der Waals surface area contributed by atoms with E-state index in [1.165, 1.54) is 27.5 Å². The maximum absolute atomic E-state index is 4.64. The first-order chi connectivity index (χ1) is 18.3. The van der Waals surface area contributed by atoms with Crippen LogP contribution in [0.2, 0.25) is 0 Å². The first-order valence-electron chi connectivity index (χ1n) is 12.8. The number of fused-ring (bicyclic) bond motifs is 3. The molecule has 1 aliphatic rings. The third-order valence-electron chi connectivity index (χ3n) is 6.96. The number of allylic oxidation sites excluding steroid dienone is 5. The molecule has 1 N–H and O–H groups in total. The van der Waals surface area contributed by atoms with Crippen LogP contribution >= 0.6 is 0 Å². The highest BCUT2D eigenvalue weighted by atomic mass is 15.4. The van der Waals surface area contributed by atoms with Gasteiger partial charge in [-0.25, -0.2) is 0 Å². The van der Waals surface area contributed by atoms with Crippen molar-refractivity contribution in [3.63, 3.8) is 0 Å². The Kier molecular flexibility index (Phi) is 6.26. The van der Waals surface area contributed by atoms with Gasteiger partial charge < -0.3 is 0 Å². The molecule has 0 amide bonds. The van der Waals surface area contributed by atoms with E-state index in [4.69, 9.17) is 0 Å². The fourth-order valence-electron chi connectivity index (χ4n) is 5.07. The molecule has 37 heavy (non-hydrogen) atoms. The Hall–Kier alpha value is -4.63. The Morgan fingerprint density at radius 1 is 0.784 bits per heavy atom. The monoisotopic (exact) mass is 479 g/mol. The SMILES string of the molecule is C/N=C(\C=C(/Nn1c2ccccc2c2cc(-c3ccccc3)ccc21)C1=CC=CCC1)c1ccccc1. The van der Waals surface area contributed by atoms with Gasteiger partial charge in [-0.1, -0.05) is 103 Å². The van der Waals surface area contributed by atoms with Gasteiger partial charge in [0.1, 0.15) is 0 Å². The van der Waals surface area contributed by atoms with Gasteiger partial charge in [0.2, 0.25) is 0 Å². The molecular weight excluding hydrogens is 450 g/mol. The highest BCUT2D eigenvalue weighted by molar-refractivity contribution is 6.11. The van der Waals surface area contributed by atoms with Crippen molar-refractivity contribution >= 4 is 27.5 Å². The molecule has 6 rings (SSSR count). The number of benzene rings is 4. The van der Waals surface area contributed by atoms with Crippen LogP contribution in [0.3, 0.4) is 0 Å². The number of nitrogens with zero attached hydrogens (tertiary/aromatic N) is 2. The van der Waals surface area contributed by atoms with Crippen molar-refractivity contribution < 1.29 is 0 Å². The van der Waals surface area contributed by atoms with Gasteiger partial charge in [-0.15, -0.1) is 0 Å². The van der Waals surface area contributed by atoms with E-state index < -0.39 is 0 Å². The Bertz CT molecular complexity index is 1680. The molecule has 1 heterocycles. The predicted octanol–water partition coefficient (Wildman–Crippen LogP) is 8.28. The van der Waals surface area contributed by atoms with Crippen LogP contribution in [-0.2, 0) is 0 Å². The van der Waals surface area contributed by atoms with Crippen LogP contribution in [0.15, 0.2) is 144 Å². The lowest BCUT2D eigenvalue weighted by Crippen LogP contribution is -2.17. The van der Waals surface area contributed by atoms with Crippen molar-refractivity contribution in [1.82, 2.24) is 4.68 Å². The van der Waals surface area contributed by atoms with E-state index in [9.17, 15) is 0 Å². The normalized spacial score (nSPS) is 14.2. The van der Waals surface area contributed by atoms with E-state index in [1.807, 2.05) is 13.1 Å². The molecule has 3 nitrogen and oxygen atoms in total. The van der Waals surface area contributed by atoms with Crippen LogP contribution in [0.5, 0.6) is 0 Å². The van der Waals surface area contributed by atoms with Gasteiger partial charge in [0.15, 0.2) is 0 Å². The average molecular weight is 480 g/mol. The van der Waals surface area contributed by atoms with E-state index in [1.54, 1.807) is 0 Å². The second kappa shape index (κ2) is 10.2. The highest BCUT2D eigenvalue weighted by Gasteiger charge is 2.15. The largest absolute Gasteiger partial charge is 0.293 e. The summed E-state index contributed by atoms with van der Waals surface area (Å²) in [6, 6.07) is 36.3. The molecule has 180 valence electrons. The molecule has 1 aliphatic carbocycles. The zero-order chi connectivity index (χ0) is 25.0. The lowest BCUT2D eigenvalue weighted by molar-refractivity contribution is 0.929. The number of aliphatic imine (C=N–C) groups is 1. The maximum Gasteiger partial charge on any atom is 0.0710 e. The second-order valence-electron chi connectivity index (χ2n) is 9.25. The topological polar surface area (TPSA) is 29.3 Å². The summed E-state index contributed by atoms with van der Waals surface area (Å²) >= 11 is 0. The van der Waals surface area contributed by atoms with E-state index in [-0.39, 0.29) is 0 Å². The summed E-state index contributed by atoms with van der Waals surface area (Å²) < 4.78 is 2.22. The quantitative estimate of drug-likeness (QED) is 0.244. The third-order valence-corrected chi connectivity index (χ3v) is 6.96. The number of hydrogen-bond acceptors (Lipinski definition) is 2. The van der Waals surface area contributed by atoms with Crippen molar-refractivity contribution in [2.24, 2.45) is 4.99 Å². The summed E-state index contributed by atoms with van der Waals surface area (Å²) in [5, 5.41) is 2.46. The fraction of sp³-hybridized carbons (Fsp3) is 0.0882. The highest BCUT2D eigenvalue weighted by Crippen LogP contribution is 2.33. The zero-order valence-corrected chi connectivity index (χ0v) is 20.9. The number of para-hydroxylation sites is 1. The Balaban J connectivity index is 1.51. The summed E-state index contributed by atoms with van der Waals surface area (Å²) in [7, 11) is 1.86. The van der Waals surface area contributed by atoms with Crippen molar-refractivity contribution in [3.8, 4) is 11.1 Å². The molecule has 3 heteroatoms. The van der Waals surface area contributed by atoms with Crippen molar-refractivity contribution in [1.29, 1.82) is 0 Å². The second-order valence-corrected chi connectivity index (χ2v) is 9.25. The van der Waals surface area contributed by atoms with Gasteiger partial charge in [-0.05, 0) is 59.4 Å². The van der Waals surface area contributed by atoms with E-state index >= 15 is 0 Å². The zero-order valence-electron chi connectivity index (χ0n) is 20.9. The van der Waals surface area contributed by atoms with Gasteiger partial charge in [0, 0.05) is 17.8 Å². The molecule has 5 aromatic rings. The molecule has 0 radical (unpaired) electrons. The average Bonchev–Trinajstić information content (AvgIpc) is 3.29. The molecule has 0 saturated heterocycles. The van der Waals surface area contributed by atoms with E-state index in [2.05, 4.69) is 136 Å². The number of aromatic nitrogens is 1. The molecule has 0 spiro atoms. The maximum atomic E-state index is 4.64. The smallest absolute Gasteiger partial charge is 0.0710 e. The Morgan fingerprint density at radius 3 is 2.27 bits per heavy atom. The molecular formula is C34H29N3. The minimum Gasteiger partial charge on any atom is -0.293 e. The van der Waals surface area contributed by atoms with Crippen LogP contribution in [0.1, 0.15) is 18.4 Å². The molecule has 0 fully saturated rings. The number of rotatable bonds is 6. The Labute approximate surface area is 217 Å². The van der Waals surface area contributed by atoms with Gasteiger partial charge in [0.05, 0.1) is 22.4 Å². The van der Waals surface area contributed by atoms with Crippen LogP contribution in [0, 0.1) is 0 Å². The first kappa shape index (κ1) is 22.8. The lowest BCUT2D eigenvalue weighted by atomic mass is 10.00. The molecule has 0 unspecified atom stereocenters. The summed E-state index contributed by atoms with van der Waals surface area (Å²) in [4.78, 5) is 4.64. The summed E-state index contributed by atoms with van der Waals surface area (Å²) in [5.74, 6) is 0.